The number of esters is 1. The van der Waals surface area contributed by atoms with Crippen LogP contribution in [0.1, 0.15) is 45.5 Å². The van der Waals surface area contributed by atoms with Crippen LogP contribution in [-0.4, -0.2) is 18.9 Å². The first-order valence-electron chi connectivity index (χ1n) is 7.55. The number of aryl methyl sites for hydroxylation is 2. The number of hydrogen-bond acceptors (Lipinski definition) is 3. The molecular weight excluding hydrogens is 295 g/mol. The van der Waals surface area contributed by atoms with Gasteiger partial charge in [-0.05, 0) is 48.6 Å². The van der Waals surface area contributed by atoms with Crippen molar-refractivity contribution in [2.24, 2.45) is 0 Å². The smallest absolute Gasteiger partial charge is 0.312 e. The molecule has 2 aromatic carbocycles. The van der Waals surface area contributed by atoms with Gasteiger partial charge < -0.3 is 4.74 Å². The number of ketones is 1. The van der Waals surface area contributed by atoms with Gasteiger partial charge in [0, 0.05) is 11.1 Å². The van der Waals surface area contributed by atoms with Gasteiger partial charge in [0.15, 0.2) is 5.78 Å². The maximum absolute atomic E-state index is 13.5. The van der Waals surface area contributed by atoms with Gasteiger partial charge in [0.2, 0.25) is 0 Å². The van der Waals surface area contributed by atoms with Crippen LogP contribution >= 0.6 is 0 Å². The molecule has 0 saturated carbocycles. The Labute approximate surface area is 134 Å². The van der Waals surface area contributed by atoms with Crippen molar-refractivity contribution in [1.29, 1.82) is 0 Å². The fourth-order valence-corrected chi connectivity index (χ4v) is 3.02. The maximum Gasteiger partial charge on any atom is 0.312 e. The predicted octanol–water partition coefficient (Wildman–Crippen LogP) is 3.43. The number of halogens is 1. The molecule has 0 aliphatic heterocycles. The van der Waals surface area contributed by atoms with Crippen LogP contribution in [0, 0.1) is 5.82 Å². The quantitative estimate of drug-likeness (QED) is 0.798. The third-order valence-corrected chi connectivity index (χ3v) is 4.41. The molecule has 2 aromatic rings. The fraction of sp³-hybridized carbons (Fsp3) is 0.263. The van der Waals surface area contributed by atoms with E-state index >= 15 is 0 Å². The molecule has 23 heavy (non-hydrogen) atoms. The minimum absolute atomic E-state index is 0.163. The van der Waals surface area contributed by atoms with Crippen molar-refractivity contribution in [3.63, 3.8) is 0 Å². The summed E-state index contributed by atoms with van der Waals surface area (Å²) in [4.78, 5) is 24.4. The molecule has 1 unspecified atom stereocenters. The van der Waals surface area contributed by atoms with E-state index in [0.717, 1.165) is 16.7 Å². The Morgan fingerprint density at radius 2 is 1.83 bits per heavy atom. The van der Waals surface area contributed by atoms with Crippen LogP contribution in [0.3, 0.4) is 0 Å². The molecule has 4 heteroatoms. The predicted molar refractivity (Wildman–Crippen MR) is 84.1 cm³/mol. The molecule has 0 fully saturated rings. The van der Waals surface area contributed by atoms with Gasteiger partial charge in [0.1, 0.15) is 5.82 Å². The molecule has 0 saturated heterocycles. The number of hydrogen-bond donors (Lipinski definition) is 0. The summed E-state index contributed by atoms with van der Waals surface area (Å²) in [5.41, 5.74) is 3.57. The first kappa shape index (κ1) is 15.4. The molecular formula is C19H17FO3. The maximum atomic E-state index is 13.5. The zero-order valence-corrected chi connectivity index (χ0v) is 13.1. The van der Waals surface area contributed by atoms with Crippen molar-refractivity contribution in [2.75, 3.05) is 7.11 Å². The number of carbonyl (C=O) groups excluding carboxylic acids is 2. The normalized spacial score (nSPS) is 14.5. The number of methoxy groups -OCH3 is 1. The van der Waals surface area contributed by atoms with Gasteiger partial charge in [-0.25, -0.2) is 4.39 Å². The lowest BCUT2D eigenvalue weighted by Crippen LogP contribution is -2.12. The van der Waals surface area contributed by atoms with Gasteiger partial charge in [-0.3, -0.25) is 9.59 Å². The molecule has 1 aliphatic rings. The summed E-state index contributed by atoms with van der Waals surface area (Å²) >= 11 is 0. The second-order valence-electron chi connectivity index (χ2n) is 5.79. The van der Waals surface area contributed by atoms with Crippen LogP contribution in [0.25, 0.3) is 0 Å². The largest absolute Gasteiger partial charge is 0.469 e. The summed E-state index contributed by atoms with van der Waals surface area (Å²) in [5, 5.41) is 0. The first-order valence-corrected chi connectivity index (χ1v) is 7.55. The molecule has 0 heterocycles. The molecule has 0 radical (unpaired) electrons. The molecule has 3 rings (SSSR count). The Kier molecular flexibility index (Phi) is 3.99. The summed E-state index contributed by atoms with van der Waals surface area (Å²) in [5.74, 6) is -1.26. The van der Waals surface area contributed by atoms with Crippen molar-refractivity contribution in [1.82, 2.24) is 0 Å². The minimum Gasteiger partial charge on any atom is -0.469 e. The standard InChI is InChI=1S/C19H17FO3/c1-11(19(22)23-2)13-6-8-16-14(9-13)4-3-12-5-7-15(20)10-17(12)18(16)21/h5-11H,3-4H2,1-2H3. The molecule has 0 aromatic heterocycles. The number of carbonyl (C=O) groups is 2. The van der Waals surface area contributed by atoms with E-state index in [4.69, 9.17) is 4.74 Å². The Morgan fingerprint density at radius 3 is 2.57 bits per heavy atom. The lowest BCUT2D eigenvalue weighted by atomic mass is 9.93. The second-order valence-corrected chi connectivity index (χ2v) is 5.79. The van der Waals surface area contributed by atoms with E-state index in [1.54, 1.807) is 25.1 Å². The average molecular weight is 312 g/mol. The highest BCUT2D eigenvalue weighted by Gasteiger charge is 2.24. The topological polar surface area (TPSA) is 43.4 Å². The summed E-state index contributed by atoms with van der Waals surface area (Å²) in [6, 6.07) is 9.74. The van der Waals surface area contributed by atoms with Crippen LogP contribution in [0.4, 0.5) is 4.39 Å². The van der Waals surface area contributed by atoms with Crippen LogP contribution in [0.15, 0.2) is 36.4 Å². The Bertz CT molecular complexity index is 795. The van der Waals surface area contributed by atoms with Crippen molar-refractivity contribution in [2.45, 2.75) is 25.7 Å². The molecule has 1 atom stereocenters. The molecule has 0 amide bonds. The Balaban J connectivity index is 2.03. The third kappa shape index (κ3) is 2.77. The van der Waals surface area contributed by atoms with E-state index in [9.17, 15) is 14.0 Å². The van der Waals surface area contributed by atoms with Gasteiger partial charge in [0.05, 0.1) is 13.0 Å². The monoisotopic (exact) mass is 312 g/mol. The lowest BCUT2D eigenvalue weighted by Gasteiger charge is -2.12. The van der Waals surface area contributed by atoms with Gasteiger partial charge in [0.25, 0.3) is 0 Å². The molecule has 0 bridgehead atoms. The number of ether oxygens (including phenoxy) is 1. The summed E-state index contributed by atoms with van der Waals surface area (Å²) in [6.07, 6.45) is 1.35. The van der Waals surface area contributed by atoms with E-state index in [2.05, 4.69) is 0 Å². The molecule has 3 nitrogen and oxygen atoms in total. The van der Waals surface area contributed by atoms with Gasteiger partial charge >= 0.3 is 5.97 Å². The van der Waals surface area contributed by atoms with Crippen molar-refractivity contribution < 1.29 is 18.7 Å². The molecule has 118 valence electrons. The number of rotatable bonds is 2. The molecule has 0 N–H and O–H groups in total. The van der Waals surface area contributed by atoms with Crippen molar-refractivity contribution in [3.8, 4) is 0 Å². The van der Waals surface area contributed by atoms with Crippen LogP contribution in [-0.2, 0) is 22.4 Å². The summed E-state index contributed by atoms with van der Waals surface area (Å²) in [7, 11) is 1.36. The van der Waals surface area contributed by atoms with E-state index < -0.39 is 5.82 Å². The minimum atomic E-state index is -0.406. The summed E-state index contributed by atoms with van der Waals surface area (Å²) in [6.45, 7) is 1.77. The average Bonchev–Trinajstić information content (AvgIpc) is 2.70. The van der Waals surface area contributed by atoms with Crippen molar-refractivity contribution in [3.05, 3.63) is 70.0 Å². The number of fused-ring (bicyclic) bond motifs is 2. The zero-order chi connectivity index (χ0) is 16.6. The van der Waals surface area contributed by atoms with E-state index in [1.807, 2.05) is 6.07 Å². The van der Waals surface area contributed by atoms with Gasteiger partial charge in [-0.1, -0.05) is 24.3 Å². The van der Waals surface area contributed by atoms with Gasteiger partial charge in [-0.15, -0.1) is 0 Å². The van der Waals surface area contributed by atoms with E-state index in [1.165, 1.54) is 19.2 Å². The summed E-state index contributed by atoms with van der Waals surface area (Å²) < 4.78 is 18.2. The van der Waals surface area contributed by atoms with Crippen LogP contribution < -0.4 is 0 Å². The zero-order valence-electron chi connectivity index (χ0n) is 13.1. The van der Waals surface area contributed by atoms with E-state index in [-0.39, 0.29) is 17.7 Å². The highest BCUT2D eigenvalue weighted by atomic mass is 19.1. The highest BCUT2D eigenvalue weighted by Crippen LogP contribution is 2.28. The Hall–Kier alpha value is -2.49. The van der Waals surface area contributed by atoms with E-state index in [0.29, 0.717) is 24.0 Å². The fourth-order valence-electron chi connectivity index (χ4n) is 3.02. The first-order chi connectivity index (χ1) is 11.0. The highest BCUT2D eigenvalue weighted by molar-refractivity contribution is 6.11. The van der Waals surface area contributed by atoms with Gasteiger partial charge in [-0.2, -0.15) is 0 Å². The third-order valence-electron chi connectivity index (χ3n) is 4.41. The second kappa shape index (κ2) is 5.95. The lowest BCUT2D eigenvalue weighted by molar-refractivity contribution is -0.141. The van der Waals surface area contributed by atoms with Crippen LogP contribution in [0.5, 0.6) is 0 Å². The Morgan fingerprint density at radius 1 is 1.09 bits per heavy atom. The number of benzene rings is 2. The van der Waals surface area contributed by atoms with Crippen LogP contribution in [0.2, 0.25) is 0 Å². The SMILES string of the molecule is COC(=O)C(C)c1ccc2c(c1)CCc1ccc(F)cc1C2=O. The van der Waals surface area contributed by atoms with Crippen molar-refractivity contribution >= 4 is 11.8 Å². The molecule has 1 aliphatic carbocycles. The molecule has 0 spiro atoms.